The molecule has 0 fully saturated rings. The number of carbonyl (C=O) groups excluding carboxylic acids is 1. The molecule has 0 spiro atoms. The van der Waals surface area contributed by atoms with Crippen LogP contribution in [0.3, 0.4) is 0 Å². The predicted octanol–water partition coefficient (Wildman–Crippen LogP) is 4.06. The van der Waals surface area contributed by atoms with E-state index in [1.807, 2.05) is 45.0 Å². The minimum absolute atomic E-state index is 0.186. The van der Waals surface area contributed by atoms with Crippen LogP contribution in [0.2, 0.25) is 0 Å². The van der Waals surface area contributed by atoms with Crippen LogP contribution in [-0.4, -0.2) is 10.9 Å². The van der Waals surface area contributed by atoms with Crippen LogP contribution in [-0.2, 0) is 0 Å². The van der Waals surface area contributed by atoms with Gasteiger partial charge in [0.25, 0.3) is 5.91 Å². The van der Waals surface area contributed by atoms with Gasteiger partial charge in [0.05, 0.1) is 5.69 Å². The minimum atomic E-state index is -0.186. The Morgan fingerprint density at radius 3 is 2.68 bits per heavy atom. The number of pyridine rings is 1. The molecule has 2 heterocycles. The van der Waals surface area contributed by atoms with Gasteiger partial charge < -0.3 is 11.1 Å². The standard InChI is InChI=1S/C17H17N3OS/c1-9-4-5-10(2)12(8-9)20-16(21)15-14(18)13-11(3)6-7-19-17(13)22-15/h4-8H,18H2,1-3H3,(H,20,21). The average molecular weight is 311 g/mol. The van der Waals surface area contributed by atoms with Gasteiger partial charge in [-0.1, -0.05) is 12.1 Å². The fourth-order valence-corrected chi connectivity index (χ4v) is 3.46. The van der Waals surface area contributed by atoms with E-state index in [1.165, 1.54) is 11.3 Å². The Bertz CT molecular complexity index is 883. The summed E-state index contributed by atoms with van der Waals surface area (Å²) in [5.74, 6) is -0.186. The van der Waals surface area contributed by atoms with Crippen LogP contribution >= 0.6 is 11.3 Å². The molecular formula is C17H17N3OS. The number of anilines is 2. The van der Waals surface area contributed by atoms with E-state index in [-0.39, 0.29) is 5.91 Å². The summed E-state index contributed by atoms with van der Waals surface area (Å²) < 4.78 is 0. The van der Waals surface area contributed by atoms with Crippen molar-refractivity contribution in [3.63, 3.8) is 0 Å². The summed E-state index contributed by atoms with van der Waals surface area (Å²) >= 11 is 1.33. The van der Waals surface area contributed by atoms with E-state index in [1.54, 1.807) is 6.20 Å². The number of hydrogen-bond acceptors (Lipinski definition) is 4. The van der Waals surface area contributed by atoms with E-state index in [2.05, 4.69) is 10.3 Å². The van der Waals surface area contributed by atoms with Crippen LogP contribution in [0.4, 0.5) is 11.4 Å². The second-order valence-corrected chi connectivity index (χ2v) is 6.42. The third-order valence-electron chi connectivity index (χ3n) is 3.68. The highest BCUT2D eigenvalue weighted by molar-refractivity contribution is 7.21. The molecule has 3 rings (SSSR count). The molecular weight excluding hydrogens is 294 g/mol. The SMILES string of the molecule is Cc1ccc(C)c(NC(=O)c2sc3nccc(C)c3c2N)c1. The molecule has 0 unspecified atom stereocenters. The number of benzene rings is 1. The van der Waals surface area contributed by atoms with Gasteiger partial charge in [0.1, 0.15) is 9.71 Å². The number of fused-ring (bicyclic) bond motifs is 1. The van der Waals surface area contributed by atoms with Crippen molar-refractivity contribution >= 4 is 38.8 Å². The molecule has 0 saturated carbocycles. The van der Waals surface area contributed by atoms with E-state index in [4.69, 9.17) is 5.73 Å². The monoisotopic (exact) mass is 311 g/mol. The molecule has 2 aromatic heterocycles. The largest absolute Gasteiger partial charge is 0.397 e. The number of aromatic nitrogens is 1. The van der Waals surface area contributed by atoms with Crippen LogP contribution in [0.25, 0.3) is 10.2 Å². The molecule has 0 radical (unpaired) electrons. The predicted molar refractivity (Wildman–Crippen MR) is 92.6 cm³/mol. The second kappa shape index (κ2) is 5.42. The molecule has 0 aliphatic heterocycles. The number of nitrogen functional groups attached to an aromatic ring is 1. The Hall–Kier alpha value is -2.40. The van der Waals surface area contributed by atoms with Gasteiger partial charge in [0.15, 0.2) is 0 Å². The van der Waals surface area contributed by atoms with Gasteiger partial charge in [0.2, 0.25) is 0 Å². The number of nitrogens with zero attached hydrogens (tertiary/aromatic N) is 1. The molecule has 22 heavy (non-hydrogen) atoms. The van der Waals surface area contributed by atoms with Crippen LogP contribution in [0, 0.1) is 20.8 Å². The minimum Gasteiger partial charge on any atom is -0.397 e. The van der Waals surface area contributed by atoms with Crippen LogP contribution in [0.5, 0.6) is 0 Å². The molecule has 1 aromatic carbocycles. The lowest BCUT2D eigenvalue weighted by molar-refractivity contribution is 0.103. The van der Waals surface area contributed by atoms with Crippen LogP contribution in [0.1, 0.15) is 26.4 Å². The molecule has 0 atom stereocenters. The Morgan fingerprint density at radius 1 is 1.18 bits per heavy atom. The fourth-order valence-electron chi connectivity index (χ4n) is 2.42. The number of hydrogen-bond donors (Lipinski definition) is 2. The Balaban J connectivity index is 2.01. The first-order valence-corrected chi connectivity index (χ1v) is 7.81. The summed E-state index contributed by atoms with van der Waals surface area (Å²) in [6.45, 7) is 5.94. The van der Waals surface area contributed by atoms with Gasteiger partial charge in [-0.3, -0.25) is 4.79 Å². The summed E-state index contributed by atoms with van der Waals surface area (Å²) in [6.07, 6.45) is 1.74. The van der Waals surface area contributed by atoms with Crippen LogP contribution < -0.4 is 11.1 Å². The van der Waals surface area contributed by atoms with Crippen molar-refractivity contribution in [2.75, 3.05) is 11.1 Å². The first-order valence-electron chi connectivity index (χ1n) is 6.99. The Labute approximate surface area is 133 Å². The van der Waals surface area contributed by atoms with Crippen molar-refractivity contribution in [1.82, 2.24) is 4.98 Å². The summed E-state index contributed by atoms with van der Waals surface area (Å²) in [4.78, 5) is 18.2. The third-order valence-corrected chi connectivity index (χ3v) is 4.80. The quantitative estimate of drug-likeness (QED) is 0.750. The number of aryl methyl sites for hydroxylation is 3. The molecule has 0 aliphatic carbocycles. The molecule has 112 valence electrons. The number of thiophene rings is 1. The molecule has 5 heteroatoms. The van der Waals surface area contributed by atoms with Gasteiger partial charge in [-0.25, -0.2) is 4.98 Å². The number of rotatable bonds is 2. The van der Waals surface area contributed by atoms with E-state index in [0.29, 0.717) is 10.6 Å². The first kappa shape index (κ1) is 14.5. The molecule has 3 aromatic rings. The van der Waals surface area contributed by atoms with Gasteiger partial charge in [-0.2, -0.15) is 0 Å². The van der Waals surface area contributed by atoms with Crippen molar-refractivity contribution in [3.05, 3.63) is 52.0 Å². The highest BCUT2D eigenvalue weighted by atomic mass is 32.1. The average Bonchev–Trinajstić information content (AvgIpc) is 2.81. The van der Waals surface area contributed by atoms with Crippen molar-refractivity contribution in [1.29, 1.82) is 0 Å². The molecule has 3 N–H and O–H groups in total. The van der Waals surface area contributed by atoms with E-state index in [9.17, 15) is 4.79 Å². The first-order chi connectivity index (χ1) is 10.5. The summed E-state index contributed by atoms with van der Waals surface area (Å²) in [6, 6.07) is 7.87. The van der Waals surface area contributed by atoms with Crippen molar-refractivity contribution < 1.29 is 4.79 Å². The molecule has 0 aliphatic rings. The molecule has 1 amide bonds. The lowest BCUT2D eigenvalue weighted by atomic mass is 10.1. The Kier molecular flexibility index (Phi) is 3.58. The zero-order valence-corrected chi connectivity index (χ0v) is 13.5. The second-order valence-electron chi connectivity index (χ2n) is 5.43. The number of amides is 1. The lowest BCUT2D eigenvalue weighted by Crippen LogP contribution is -2.13. The smallest absolute Gasteiger partial charge is 0.267 e. The number of carbonyl (C=O) groups is 1. The van der Waals surface area contributed by atoms with Gasteiger partial charge in [-0.15, -0.1) is 11.3 Å². The van der Waals surface area contributed by atoms with E-state index >= 15 is 0 Å². The highest BCUT2D eigenvalue weighted by Gasteiger charge is 2.18. The maximum absolute atomic E-state index is 12.6. The van der Waals surface area contributed by atoms with E-state index in [0.717, 1.165) is 32.6 Å². The number of nitrogens with two attached hydrogens (primary N) is 1. The summed E-state index contributed by atoms with van der Waals surface area (Å²) in [5.41, 5.74) is 10.6. The zero-order chi connectivity index (χ0) is 15.9. The third kappa shape index (κ3) is 2.44. The van der Waals surface area contributed by atoms with Gasteiger partial charge >= 0.3 is 0 Å². The molecule has 0 bridgehead atoms. The maximum Gasteiger partial charge on any atom is 0.267 e. The normalized spacial score (nSPS) is 10.9. The number of nitrogens with one attached hydrogen (secondary N) is 1. The van der Waals surface area contributed by atoms with E-state index < -0.39 is 0 Å². The molecule has 4 nitrogen and oxygen atoms in total. The van der Waals surface area contributed by atoms with Crippen molar-refractivity contribution in [3.8, 4) is 0 Å². The molecule has 0 saturated heterocycles. The zero-order valence-electron chi connectivity index (χ0n) is 12.7. The van der Waals surface area contributed by atoms with Crippen molar-refractivity contribution in [2.45, 2.75) is 20.8 Å². The van der Waals surface area contributed by atoms with Crippen molar-refractivity contribution in [2.24, 2.45) is 0 Å². The van der Waals surface area contributed by atoms with Gasteiger partial charge in [0, 0.05) is 17.3 Å². The maximum atomic E-state index is 12.6. The van der Waals surface area contributed by atoms with Crippen LogP contribution in [0.15, 0.2) is 30.5 Å². The fraction of sp³-hybridized carbons (Fsp3) is 0.176. The topological polar surface area (TPSA) is 68.0 Å². The Morgan fingerprint density at radius 2 is 1.95 bits per heavy atom. The van der Waals surface area contributed by atoms with Gasteiger partial charge in [-0.05, 0) is 49.6 Å². The summed E-state index contributed by atoms with van der Waals surface area (Å²) in [7, 11) is 0. The lowest BCUT2D eigenvalue weighted by Gasteiger charge is -2.08. The highest BCUT2D eigenvalue weighted by Crippen LogP contribution is 2.34. The summed E-state index contributed by atoms with van der Waals surface area (Å²) in [5, 5.41) is 3.83.